The van der Waals surface area contributed by atoms with Gasteiger partial charge in [-0.1, -0.05) is 37.3 Å². The van der Waals surface area contributed by atoms with E-state index in [0.717, 1.165) is 26.1 Å². The van der Waals surface area contributed by atoms with E-state index in [1.165, 1.54) is 24.9 Å². The minimum absolute atomic E-state index is 0.0648. The smallest absolute Gasteiger partial charge is 0.317 e. The molecule has 3 rings (SSSR count). The lowest BCUT2D eigenvalue weighted by atomic mass is 9.98. The van der Waals surface area contributed by atoms with Gasteiger partial charge in [0.2, 0.25) is 0 Å². The van der Waals surface area contributed by atoms with Crippen LogP contribution >= 0.6 is 0 Å². The number of likely N-dealkylation sites (tertiary alicyclic amines) is 1. The molecular weight excluding hydrogens is 314 g/mol. The Morgan fingerprint density at radius 3 is 2.88 bits per heavy atom. The third-order valence-corrected chi connectivity index (χ3v) is 5.32. The number of nitrogens with one attached hydrogen (secondary N) is 1. The van der Waals surface area contributed by atoms with Gasteiger partial charge in [-0.25, -0.2) is 4.79 Å². The van der Waals surface area contributed by atoms with Crippen molar-refractivity contribution in [3.63, 3.8) is 0 Å². The number of hydrogen-bond donors (Lipinski definition) is 1. The number of benzene rings is 1. The number of ether oxygens (including phenoxy) is 1. The van der Waals surface area contributed by atoms with Crippen molar-refractivity contribution in [2.75, 3.05) is 45.9 Å². The highest BCUT2D eigenvalue weighted by Crippen LogP contribution is 2.16. The Hall–Kier alpha value is -1.59. The van der Waals surface area contributed by atoms with Gasteiger partial charge < -0.3 is 19.9 Å². The van der Waals surface area contributed by atoms with Crippen molar-refractivity contribution in [2.45, 2.75) is 32.3 Å². The third-order valence-electron chi connectivity index (χ3n) is 5.32. The molecule has 0 aliphatic carbocycles. The maximum absolute atomic E-state index is 12.5. The molecule has 2 saturated heterocycles. The third kappa shape index (κ3) is 5.44. The number of morpholine rings is 1. The number of hydrogen-bond acceptors (Lipinski definition) is 3. The van der Waals surface area contributed by atoms with Crippen molar-refractivity contribution in [2.24, 2.45) is 5.92 Å². The Labute approximate surface area is 151 Å². The van der Waals surface area contributed by atoms with E-state index >= 15 is 0 Å². The fourth-order valence-corrected chi connectivity index (χ4v) is 3.85. The molecule has 0 saturated carbocycles. The van der Waals surface area contributed by atoms with Crippen molar-refractivity contribution in [3.8, 4) is 0 Å². The molecule has 1 aromatic rings. The summed E-state index contributed by atoms with van der Waals surface area (Å²) in [6.07, 6.45) is 3.41. The van der Waals surface area contributed by atoms with Gasteiger partial charge in [0.05, 0.1) is 12.7 Å². The monoisotopic (exact) mass is 345 g/mol. The van der Waals surface area contributed by atoms with Crippen LogP contribution < -0.4 is 5.32 Å². The van der Waals surface area contributed by atoms with Crippen LogP contribution in [0.25, 0.3) is 0 Å². The van der Waals surface area contributed by atoms with Gasteiger partial charge in [-0.15, -0.1) is 0 Å². The van der Waals surface area contributed by atoms with E-state index in [0.29, 0.717) is 25.6 Å². The van der Waals surface area contributed by atoms with E-state index in [2.05, 4.69) is 29.3 Å². The number of carbonyl (C=O) groups excluding carboxylic acids is 1. The molecule has 2 heterocycles. The summed E-state index contributed by atoms with van der Waals surface area (Å²) in [5.41, 5.74) is 1.26. The second-order valence-electron chi connectivity index (χ2n) is 7.22. The van der Waals surface area contributed by atoms with E-state index in [-0.39, 0.29) is 12.1 Å². The maximum Gasteiger partial charge on any atom is 0.317 e. The van der Waals surface area contributed by atoms with Gasteiger partial charge >= 0.3 is 6.03 Å². The Morgan fingerprint density at radius 1 is 1.24 bits per heavy atom. The van der Waals surface area contributed by atoms with Crippen LogP contribution in [-0.2, 0) is 11.2 Å². The number of rotatable bonds is 5. The molecule has 0 aromatic heterocycles. The predicted molar refractivity (Wildman–Crippen MR) is 99.7 cm³/mol. The minimum atomic E-state index is 0.0648. The van der Waals surface area contributed by atoms with Gasteiger partial charge in [0.25, 0.3) is 0 Å². The largest absolute Gasteiger partial charge is 0.374 e. The molecule has 138 valence electrons. The van der Waals surface area contributed by atoms with Crippen molar-refractivity contribution in [3.05, 3.63) is 35.9 Å². The highest BCUT2D eigenvalue weighted by molar-refractivity contribution is 5.74. The minimum Gasteiger partial charge on any atom is -0.374 e. The first kappa shape index (κ1) is 18.2. The van der Waals surface area contributed by atoms with Crippen molar-refractivity contribution < 1.29 is 9.53 Å². The SMILES string of the molecule is CCN1CCCC(CNC(=O)N2CCOC(Cc3ccccc3)C2)C1. The summed E-state index contributed by atoms with van der Waals surface area (Å²) in [4.78, 5) is 16.9. The van der Waals surface area contributed by atoms with E-state index in [1.807, 2.05) is 23.1 Å². The zero-order valence-electron chi connectivity index (χ0n) is 15.3. The van der Waals surface area contributed by atoms with Gasteiger partial charge in [0, 0.05) is 32.6 Å². The zero-order chi connectivity index (χ0) is 17.5. The molecule has 0 spiro atoms. The lowest BCUT2D eigenvalue weighted by molar-refractivity contribution is -0.0134. The molecule has 2 fully saturated rings. The molecular formula is C20H31N3O2. The molecule has 2 aliphatic heterocycles. The molecule has 5 nitrogen and oxygen atoms in total. The lowest BCUT2D eigenvalue weighted by Crippen LogP contribution is -2.51. The van der Waals surface area contributed by atoms with Crippen LogP contribution in [0.4, 0.5) is 4.79 Å². The van der Waals surface area contributed by atoms with Crippen LogP contribution in [-0.4, -0.2) is 67.8 Å². The van der Waals surface area contributed by atoms with E-state index < -0.39 is 0 Å². The normalized spacial score (nSPS) is 24.9. The first-order valence-electron chi connectivity index (χ1n) is 9.65. The van der Waals surface area contributed by atoms with Gasteiger partial charge in [-0.2, -0.15) is 0 Å². The second kappa shape index (κ2) is 9.20. The standard InChI is InChI=1S/C20H31N3O2/c1-2-22-10-6-9-18(15-22)14-21-20(24)23-11-12-25-19(16-23)13-17-7-4-3-5-8-17/h3-5,7-8,18-19H,2,6,9-16H2,1H3,(H,21,24). The molecule has 25 heavy (non-hydrogen) atoms. The second-order valence-corrected chi connectivity index (χ2v) is 7.22. The summed E-state index contributed by atoms with van der Waals surface area (Å²) in [6.45, 7) is 8.39. The van der Waals surface area contributed by atoms with E-state index in [4.69, 9.17) is 4.74 Å². The summed E-state index contributed by atoms with van der Waals surface area (Å²) in [5.74, 6) is 0.582. The molecule has 5 heteroatoms. The van der Waals surface area contributed by atoms with E-state index in [1.54, 1.807) is 0 Å². The average Bonchev–Trinajstić information content (AvgIpc) is 2.67. The quantitative estimate of drug-likeness (QED) is 0.891. The molecule has 1 aromatic carbocycles. The molecule has 1 N–H and O–H groups in total. The Balaban J connectivity index is 1.43. The average molecular weight is 345 g/mol. The number of nitrogens with zero attached hydrogens (tertiary/aromatic N) is 2. The summed E-state index contributed by atoms with van der Waals surface area (Å²) in [7, 11) is 0. The highest BCUT2D eigenvalue weighted by atomic mass is 16.5. The topological polar surface area (TPSA) is 44.8 Å². The Morgan fingerprint density at radius 2 is 2.08 bits per heavy atom. The van der Waals surface area contributed by atoms with Crippen LogP contribution in [0.15, 0.2) is 30.3 Å². The fraction of sp³-hybridized carbons (Fsp3) is 0.650. The fourth-order valence-electron chi connectivity index (χ4n) is 3.85. The molecule has 2 unspecified atom stereocenters. The van der Waals surface area contributed by atoms with Crippen LogP contribution in [0.2, 0.25) is 0 Å². The summed E-state index contributed by atoms with van der Waals surface area (Å²) >= 11 is 0. The van der Waals surface area contributed by atoms with E-state index in [9.17, 15) is 4.79 Å². The van der Waals surface area contributed by atoms with Crippen LogP contribution in [0.1, 0.15) is 25.3 Å². The van der Waals surface area contributed by atoms with Crippen LogP contribution in [0.5, 0.6) is 0 Å². The maximum atomic E-state index is 12.5. The van der Waals surface area contributed by atoms with Crippen LogP contribution in [0.3, 0.4) is 0 Å². The van der Waals surface area contributed by atoms with Crippen molar-refractivity contribution in [1.82, 2.24) is 15.1 Å². The number of piperidine rings is 1. The number of urea groups is 1. The number of carbonyl (C=O) groups is 1. The van der Waals surface area contributed by atoms with Gasteiger partial charge in [0.1, 0.15) is 0 Å². The van der Waals surface area contributed by atoms with Crippen molar-refractivity contribution >= 4 is 6.03 Å². The summed E-state index contributed by atoms with van der Waals surface area (Å²) < 4.78 is 5.86. The lowest BCUT2D eigenvalue weighted by Gasteiger charge is -2.35. The molecule has 2 aliphatic rings. The van der Waals surface area contributed by atoms with Gasteiger partial charge in [-0.3, -0.25) is 0 Å². The molecule has 0 bridgehead atoms. The summed E-state index contributed by atoms with van der Waals surface area (Å²) in [5, 5.41) is 3.16. The molecule has 2 amide bonds. The Kier molecular flexibility index (Phi) is 6.70. The number of amides is 2. The van der Waals surface area contributed by atoms with Crippen molar-refractivity contribution in [1.29, 1.82) is 0 Å². The first-order valence-corrected chi connectivity index (χ1v) is 9.65. The first-order chi connectivity index (χ1) is 12.2. The zero-order valence-corrected chi connectivity index (χ0v) is 15.3. The highest BCUT2D eigenvalue weighted by Gasteiger charge is 2.25. The predicted octanol–water partition coefficient (Wildman–Crippen LogP) is 2.37. The Bertz CT molecular complexity index is 537. The van der Waals surface area contributed by atoms with Crippen LogP contribution in [0, 0.1) is 5.92 Å². The van der Waals surface area contributed by atoms with Gasteiger partial charge in [-0.05, 0) is 37.4 Å². The molecule has 0 radical (unpaired) electrons. The van der Waals surface area contributed by atoms with Gasteiger partial charge in [0.15, 0.2) is 0 Å². The molecule has 2 atom stereocenters. The summed E-state index contributed by atoms with van der Waals surface area (Å²) in [6, 6.07) is 10.4.